The van der Waals surface area contributed by atoms with Gasteiger partial charge in [-0.25, -0.2) is 9.18 Å². The molecule has 0 aromatic heterocycles. The van der Waals surface area contributed by atoms with Gasteiger partial charge >= 0.3 is 6.09 Å². The lowest BCUT2D eigenvalue weighted by atomic mass is 10.1. The fourth-order valence-corrected chi connectivity index (χ4v) is 3.11. The van der Waals surface area contributed by atoms with E-state index in [1.807, 2.05) is 43.3 Å². The molecule has 1 aliphatic heterocycles. The number of nitrogens with zero attached hydrogens (tertiary/aromatic N) is 1. The quantitative estimate of drug-likeness (QED) is 0.778. The van der Waals surface area contributed by atoms with Crippen molar-refractivity contribution < 1.29 is 18.7 Å². The van der Waals surface area contributed by atoms with Crippen molar-refractivity contribution in [2.45, 2.75) is 38.6 Å². The highest BCUT2D eigenvalue weighted by molar-refractivity contribution is 5.67. The van der Waals surface area contributed by atoms with E-state index >= 15 is 0 Å². The van der Waals surface area contributed by atoms with Crippen LogP contribution in [0.1, 0.15) is 37.0 Å². The van der Waals surface area contributed by atoms with Crippen molar-refractivity contribution >= 4 is 6.09 Å². The van der Waals surface area contributed by atoms with Gasteiger partial charge in [-0.15, -0.1) is 0 Å². The third kappa shape index (κ3) is 5.05. The Labute approximate surface area is 153 Å². The number of piperidine rings is 1. The summed E-state index contributed by atoms with van der Waals surface area (Å²) in [6, 6.07) is 16.1. The molecule has 1 atom stereocenters. The average Bonchev–Trinajstić information content (AvgIpc) is 2.67. The highest BCUT2D eigenvalue weighted by atomic mass is 19.1. The summed E-state index contributed by atoms with van der Waals surface area (Å²) in [6.45, 7) is 3.42. The Balaban J connectivity index is 1.43. The number of amides is 1. The van der Waals surface area contributed by atoms with E-state index in [-0.39, 0.29) is 30.7 Å². The molecule has 1 unspecified atom stereocenters. The van der Waals surface area contributed by atoms with Crippen LogP contribution in [0.4, 0.5) is 9.18 Å². The fourth-order valence-electron chi connectivity index (χ4n) is 3.11. The molecule has 2 aromatic carbocycles. The molecule has 0 radical (unpaired) electrons. The third-order valence-corrected chi connectivity index (χ3v) is 4.62. The van der Waals surface area contributed by atoms with Gasteiger partial charge in [0, 0.05) is 13.1 Å². The first-order chi connectivity index (χ1) is 12.6. The summed E-state index contributed by atoms with van der Waals surface area (Å²) in [6.07, 6.45) is 1.10. The maximum atomic E-state index is 13.3. The normalized spacial score (nSPS) is 16.3. The summed E-state index contributed by atoms with van der Waals surface area (Å²) in [5, 5.41) is 0. The van der Waals surface area contributed by atoms with Crippen LogP contribution in [-0.2, 0) is 16.1 Å². The maximum absolute atomic E-state index is 13.3. The van der Waals surface area contributed by atoms with E-state index in [2.05, 4.69) is 0 Å². The van der Waals surface area contributed by atoms with Crippen LogP contribution in [0.5, 0.6) is 0 Å². The second-order valence-electron chi connectivity index (χ2n) is 6.56. The van der Waals surface area contributed by atoms with Gasteiger partial charge in [0.25, 0.3) is 0 Å². The first-order valence-electron chi connectivity index (χ1n) is 8.98. The van der Waals surface area contributed by atoms with Crippen LogP contribution in [0.3, 0.4) is 0 Å². The van der Waals surface area contributed by atoms with Crippen LogP contribution in [0.2, 0.25) is 0 Å². The number of hydrogen-bond acceptors (Lipinski definition) is 3. The van der Waals surface area contributed by atoms with Crippen LogP contribution in [0.25, 0.3) is 0 Å². The number of rotatable bonds is 5. The minimum Gasteiger partial charge on any atom is -0.445 e. The number of benzene rings is 2. The number of halogens is 1. The van der Waals surface area contributed by atoms with E-state index in [4.69, 9.17) is 9.47 Å². The summed E-state index contributed by atoms with van der Waals surface area (Å²) in [5.41, 5.74) is 1.80. The smallest absolute Gasteiger partial charge is 0.410 e. The topological polar surface area (TPSA) is 38.8 Å². The average molecular weight is 357 g/mol. The van der Waals surface area contributed by atoms with Gasteiger partial charge in [0.1, 0.15) is 12.4 Å². The molecule has 0 bridgehead atoms. The second kappa shape index (κ2) is 8.81. The molecule has 1 aliphatic rings. The van der Waals surface area contributed by atoms with E-state index < -0.39 is 0 Å². The number of hydrogen-bond donors (Lipinski definition) is 0. The Hall–Kier alpha value is -2.40. The Kier molecular flexibility index (Phi) is 6.23. The molecule has 3 rings (SSSR count). The number of ether oxygens (including phenoxy) is 2. The Morgan fingerprint density at radius 1 is 1.15 bits per heavy atom. The number of carbonyl (C=O) groups is 1. The highest BCUT2D eigenvalue weighted by Gasteiger charge is 2.25. The summed E-state index contributed by atoms with van der Waals surface area (Å²) in [5.74, 6) is -0.256. The predicted molar refractivity (Wildman–Crippen MR) is 97.1 cm³/mol. The van der Waals surface area contributed by atoms with Gasteiger partial charge in [0.05, 0.1) is 12.2 Å². The zero-order valence-electron chi connectivity index (χ0n) is 14.9. The summed E-state index contributed by atoms with van der Waals surface area (Å²) in [4.78, 5) is 13.9. The molecule has 1 saturated heterocycles. The molecule has 4 nitrogen and oxygen atoms in total. The number of carbonyl (C=O) groups excluding carboxylic acids is 1. The lowest BCUT2D eigenvalue weighted by molar-refractivity contribution is -0.0354. The standard InChI is InChI=1S/C21H24FNO3/c1-16(18-8-5-9-19(22)14-18)26-20-10-12-23(13-11-20)21(24)25-15-17-6-3-2-4-7-17/h2-9,14,16,20H,10-13,15H2,1H3. The predicted octanol–water partition coefficient (Wildman–Crippen LogP) is 4.70. The van der Waals surface area contributed by atoms with E-state index in [1.54, 1.807) is 11.0 Å². The minimum absolute atomic E-state index is 0.0615. The SMILES string of the molecule is CC(OC1CCN(C(=O)OCc2ccccc2)CC1)c1cccc(F)c1. The fraction of sp³-hybridized carbons (Fsp3) is 0.381. The second-order valence-corrected chi connectivity index (χ2v) is 6.56. The van der Waals surface area contributed by atoms with E-state index in [9.17, 15) is 9.18 Å². The molecule has 26 heavy (non-hydrogen) atoms. The van der Waals surface area contributed by atoms with Gasteiger partial charge in [-0.3, -0.25) is 0 Å². The van der Waals surface area contributed by atoms with E-state index in [0.29, 0.717) is 13.1 Å². The van der Waals surface area contributed by atoms with Crippen LogP contribution in [0.15, 0.2) is 54.6 Å². The first-order valence-corrected chi connectivity index (χ1v) is 8.98. The van der Waals surface area contributed by atoms with E-state index in [1.165, 1.54) is 12.1 Å². The van der Waals surface area contributed by atoms with Crippen molar-refractivity contribution in [3.8, 4) is 0 Å². The molecule has 138 valence electrons. The molecule has 0 spiro atoms. The maximum Gasteiger partial charge on any atom is 0.410 e. The monoisotopic (exact) mass is 357 g/mol. The Bertz CT molecular complexity index is 714. The molecular formula is C21H24FNO3. The molecule has 2 aromatic rings. The Morgan fingerprint density at radius 2 is 1.88 bits per heavy atom. The van der Waals surface area contributed by atoms with Gasteiger partial charge < -0.3 is 14.4 Å². The molecule has 0 N–H and O–H groups in total. The first kappa shape index (κ1) is 18.4. The highest BCUT2D eigenvalue weighted by Crippen LogP contribution is 2.24. The zero-order valence-corrected chi connectivity index (χ0v) is 14.9. The summed E-state index contributed by atoms with van der Waals surface area (Å²) in [7, 11) is 0. The zero-order chi connectivity index (χ0) is 18.4. The van der Waals surface area contributed by atoms with Gasteiger partial charge in [0.15, 0.2) is 0 Å². The van der Waals surface area contributed by atoms with Gasteiger partial charge in [-0.05, 0) is 43.0 Å². The molecule has 1 heterocycles. The lowest BCUT2D eigenvalue weighted by Crippen LogP contribution is -2.41. The molecular weight excluding hydrogens is 333 g/mol. The molecule has 0 aliphatic carbocycles. The lowest BCUT2D eigenvalue weighted by Gasteiger charge is -2.32. The molecule has 0 saturated carbocycles. The summed E-state index contributed by atoms with van der Waals surface area (Å²) < 4.78 is 24.7. The largest absolute Gasteiger partial charge is 0.445 e. The van der Waals surface area contributed by atoms with Crippen molar-refractivity contribution in [1.82, 2.24) is 4.90 Å². The molecule has 5 heteroatoms. The number of likely N-dealkylation sites (tertiary alicyclic amines) is 1. The van der Waals surface area contributed by atoms with Crippen molar-refractivity contribution in [3.05, 3.63) is 71.5 Å². The third-order valence-electron chi connectivity index (χ3n) is 4.62. The van der Waals surface area contributed by atoms with Crippen LogP contribution < -0.4 is 0 Å². The van der Waals surface area contributed by atoms with E-state index in [0.717, 1.165) is 24.0 Å². The van der Waals surface area contributed by atoms with Gasteiger partial charge in [-0.2, -0.15) is 0 Å². The van der Waals surface area contributed by atoms with Crippen molar-refractivity contribution in [1.29, 1.82) is 0 Å². The Morgan fingerprint density at radius 3 is 2.58 bits per heavy atom. The summed E-state index contributed by atoms with van der Waals surface area (Å²) >= 11 is 0. The van der Waals surface area contributed by atoms with Crippen molar-refractivity contribution in [2.75, 3.05) is 13.1 Å². The van der Waals surface area contributed by atoms with Crippen LogP contribution in [-0.4, -0.2) is 30.2 Å². The van der Waals surface area contributed by atoms with Crippen LogP contribution >= 0.6 is 0 Å². The van der Waals surface area contributed by atoms with Gasteiger partial charge in [-0.1, -0.05) is 42.5 Å². The van der Waals surface area contributed by atoms with Gasteiger partial charge in [0.2, 0.25) is 0 Å². The van der Waals surface area contributed by atoms with Crippen molar-refractivity contribution in [2.24, 2.45) is 0 Å². The minimum atomic E-state index is -0.287. The molecule has 1 amide bonds. The van der Waals surface area contributed by atoms with Crippen LogP contribution in [0, 0.1) is 5.82 Å². The van der Waals surface area contributed by atoms with Crippen molar-refractivity contribution in [3.63, 3.8) is 0 Å². The molecule has 1 fully saturated rings.